The van der Waals surface area contributed by atoms with Crippen molar-refractivity contribution in [2.75, 3.05) is 5.32 Å². The molecule has 1 heterocycles. The van der Waals surface area contributed by atoms with Crippen LogP contribution in [-0.4, -0.2) is 30.5 Å². The molecular weight excluding hydrogens is 486 g/mol. The Labute approximate surface area is 217 Å². The van der Waals surface area contributed by atoms with E-state index in [1.807, 2.05) is 73.7 Å². The zero-order valence-corrected chi connectivity index (χ0v) is 21.7. The number of nitrogens with one attached hydrogen (secondary N) is 2. The van der Waals surface area contributed by atoms with Crippen LogP contribution in [0.4, 0.5) is 11.5 Å². The molecular formula is C29H29N3O4S. The van der Waals surface area contributed by atoms with E-state index in [2.05, 4.69) is 15.0 Å². The topological polar surface area (TPSA) is 108 Å². The Bertz CT molecular complexity index is 1500. The third-order valence-corrected chi connectivity index (χ3v) is 7.77. The van der Waals surface area contributed by atoms with E-state index in [-0.39, 0.29) is 11.3 Å². The number of nitrogens with zero attached hydrogens (tertiary/aromatic N) is 1. The number of pyridine rings is 1. The fraction of sp³-hybridized carbons (Fsp3) is 0.172. The van der Waals surface area contributed by atoms with Gasteiger partial charge in [-0.15, -0.1) is 0 Å². The summed E-state index contributed by atoms with van der Waals surface area (Å²) in [5, 5.41) is 13.0. The SMILES string of the molecule is Cc1cc(C)c(S(=O)(=O)NC(Cc2ccc(-c3cccc(Nc4ccccn4)c3)cc2)C(=O)O)c(C)c1. The normalized spacial score (nSPS) is 12.2. The van der Waals surface area contributed by atoms with Crippen LogP contribution in [0.25, 0.3) is 11.1 Å². The first kappa shape index (κ1) is 26.1. The molecule has 3 aromatic carbocycles. The molecule has 0 aliphatic heterocycles. The molecule has 0 amide bonds. The van der Waals surface area contributed by atoms with Crippen LogP contribution in [0, 0.1) is 20.8 Å². The highest BCUT2D eigenvalue weighted by molar-refractivity contribution is 7.89. The van der Waals surface area contributed by atoms with Crippen molar-refractivity contribution in [3.8, 4) is 11.1 Å². The van der Waals surface area contributed by atoms with Crippen LogP contribution in [0.5, 0.6) is 0 Å². The van der Waals surface area contributed by atoms with E-state index in [1.54, 1.807) is 32.2 Å². The first-order valence-corrected chi connectivity index (χ1v) is 13.3. The summed E-state index contributed by atoms with van der Waals surface area (Å²) in [5.41, 5.74) is 5.64. The van der Waals surface area contributed by atoms with E-state index in [0.717, 1.165) is 28.2 Å². The highest BCUT2D eigenvalue weighted by atomic mass is 32.2. The number of anilines is 2. The maximum Gasteiger partial charge on any atom is 0.322 e. The summed E-state index contributed by atoms with van der Waals surface area (Å²) in [5.74, 6) is -0.489. The summed E-state index contributed by atoms with van der Waals surface area (Å²) in [6.07, 6.45) is 1.73. The number of carbonyl (C=O) groups is 1. The summed E-state index contributed by atoms with van der Waals surface area (Å²) in [6.45, 7) is 5.31. The van der Waals surface area contributed by atoms with Crippen molar-refractivity contribution in [3.63, 3.8) is 0 Å². The lowest BCUT2D eigenvalue weighted by molar-refractivity contribution is -0.138. The molecule has 0 radical (unpaired) electrons. The highest BCUT2D eigenvalue weighted by Gasteiger charge is 2.28. The minimum absolute atomic E-state index is 0.0140. The van der Waals surface area contributed by atoms with Gasteiger partial charge in [-0.05, 0) is 79.3 Å². The largest absolute Gasteiger partial charge is 0.480 e. The summed E-state index contributed by atoms with van der Waals surface area (Å²) in [7, 11) is -4.03. The zero-order valence-electron chi connectivity index (χ0n) is 20.9. The summed E-state index contributed by atoms with van der Waals surface area (Å²) >= 11 is 0. The van der Waals surface area contributed by atoms with Gasteiger partial charge in [0.1, 0.15) is 11.9 Å². The van der Waals surface area contributed by atoms with Crippen molar-refractivity contribution in [2.45, 2.75) is 38.1 Å². The number of rotatable bonds is 9. The lowest BCUT2D eigenvalue weighted by atomic mass is 10.0. The van der Waals surface area contributed by atoms with Gasteiger partial charge in [0.2, 0.25) is 10.0 Å². The van der Waals surface area contributed by atoms with Gasteiger partial charge in [-0.2, -0.15) is 4.72 Å². The van der Waals surface area contributed by atoms with Gasteiger partial charge in [0.15, 0.2) is 0 Å². The second-order valence-electron chi connectivity index (χ2n) is 9.06. The van der Waals surface area contributed by atoms with Crippen LogP contribution in [0.1, 0.15) is 22.3 Å². The lowest BCUT2D eigenvalue weighted by Gasteiger charge is -2.18. The van der Waals surface area contributed by atoms with Gasteiger partial charge in [-0.3, -0.25) is 4.79 Å². The van der Waals surface area contributed by atoms with Gasteiger partial charge < -0.3 is 10.4 Å². The predicted molar refractivity (Wildman–Crippen MR) is 145 cm³/mol. The van der Waals surface area contributed by atoms with Gasteiger partial charge in [-0.25, -0.2) is 13.4 Å². The highest BCUT2D eigenvalue weighted by Crippen LogP contribution is 2.26. The summed E-state index contributed by atoms with van der Waals surface area (Å²) in [4.78, 5) is 16.4. The van der Waals surface area contributed by atoms with E-state index in [9.17, 15) is 18.3 Å². The zero-order chi connectivity index (χ0) is 26.6. The molecule has 0 saturated heterocycles. The predicted octanol–water partition coefficient (Wildman–Crippen LogP) is 5.39. The fourth-order valence-corrected chi connectivity index (χ4v) is 6.09. The number of sulfonamides is 1. The first-order chi connectivity index (χ1) is 17.6. The molecule has 7 nitrogen and oxygen atoms in total. The lowest BCUT2D eigenvalue weighted by Crippen LogP contribution is -2.42. The van der Waals surface area contributed by atoms with Crippen LogP contribution in [0.15, 0.2) is 90.0 Å². The molecule has 8 heteroatoms. The van der Waals surface area contributed by atoms with Crippen molar-refractivity contribution in [1.29, 1.82) is 0 Å². The molecule has 190 valence electrons. The third kappa shape index (κ3) is 6.41. The Morgan fingerprint density at radius 2 is 1.59 bits per heavy atom. The van der Waals surface area contributed by atoms with Gasteiger partial charge in [0.25, 0.3) is 0 Å². The van der Waals surface area contributed by atoms with Crippen LogP contribution < -0.4 is 10.0 Å². The third-order valence-electron chi connectivity index (χ3n) is 6.00. The average Bonchev–Trinajstić information content (AvgIpc) is 2.84. The maximum atomic E-state index is 13.1. The number of carboxylic acid groups (broad SMARTS) is 1. The molecule has 4 aromatic rings. The summed E-state index contributed by atoms with van der Waals surface area (Å²) < 4.78 is 28.6. The van der Waals surface area contributed by atoms with Crippen molar-refractivity contribution in [1.82, 2.24) is 9.71 Å². The van der Waals surface area contributed by atoms with E-state index < -0.39 is 22.0 Å². The van der Waals surface area contributed by atoms with Crippen molar-refractivity contribution in [2.24, 2.45) is 0 Å². The maximum absolute atomic E-state index is 13.1. The molecule has 4 rings (SSSR count). The Balaban J connectivity index is 1.50. The number of aliphatic carboxylic acids is 1. The monoisotopic (exact) mass is 515 g/mol. The number of carboxylic acids is 1. The molecule has 0 bridgehead atoms. The Morgan fingerprint density at radius 1 is 0.892 bits per heavy atom. The van der Waals surface area contributed by atoms with Crippen molar-refractivity contribution < 1.29 is 18.3 Å². The minimum atomic E-state index is -4.03. The molecule has 1 aromatic heterocycles. The van der Waals surface area contributed by atoms with Crippen LogP contribution in [-0.2, 0) is 21.2 Å². The molecule has 3 N–H and O–H groups in total. The van der Waals surface area contributed by atoms with E-state index >= 15 is 0 Å². The molecule has 1 unspecified atom stereocenters. The minimum Gasteiger partial charge on any atom is -0.480 e. The molecule has 37 heavy (non-hydrogen) atoms. The van der Waals surface area contributed by atoms with Crippen LogP contribution >= 0.6 is 0 Å². The Kier molecular flexibility index (Phi) is 7.71. The smallest absolute Gasteiger partial charge is 0.322 e. The standard InChI is InChI=1S/C29H29N3O4S/c1-19-15-20(2)28(21(3)16-19)37(35,36)32-26(29(33)34)17-22-10-12-23(13-11-22)24-7-6-8-25(18-24)31-27-9-4-5-14-30-27/h4-16,18,26,32H,17H2,1-3H3,(H,30,31)(H,33,34). The van der Waals surface area contributed by atoms with Crippen molar-refractivity contribution in [3.05, 3.63) is 107 Å². The van der Waals surface area contributed by atoms with Gasteiger partial charge in [0.05, 0.1) is 4.90 Å². The molecule has 1 atom stereocenters. The number of aryl methyl sites for hydroxylation is 3. The molecule has 0 aliphatic carbocycles. The van der Waals surface area contributed by atoms with Gasteiger partial charge in [0, 0.05) is 11.9 Å². The average molecular weight is 516 g/mol. The second-order valence-corrected chi connectivity index (χ2v) is 10.7. The number of hydrogen-bond acceptors (Lipinski definition) is 5. The number of hydrogen-bond donors (Lipinski definition) is 3. The number of benzene rings is 3. The van der Waals surface area contributed by atoms with E-state index in [1.165, 1.54) is 0 Å². The van der Waals surface area contributed by atoms with Crippen LogP contribution in [0.3, 0.4) is 0 Å². The van der Waals surface area contributed by atoms with Gasteiger partial charge >= 0.3 is 5.97 Å². The number of aromatic nitrogens is 1. The van der Waals surface area contributed by atoms with Crippen LogP contribution in [0.2, 0.25) is 0 Å². The molecule has 0 saturated carbocycles. The Morgan fingerprint density at radius 3 is 2.22 bits per heavy atom. The van der Waals surface area contributed by atoms with E-state index in [0.29, 0.717) is 16.7 Å². The Hall–Kier alpha value is -4.01. The molecule has 0 aliphatic rings. The molecule has 0 spiro atoms. The first-order valence-electron chi connectivity index (χ1n) is 11.8. The van der Waals surface area contributed by atoms with Gasteiger partial charge in [-0.1, -0.05) is 60.2 Å². The molecule has 0 fully saturated rings. The van der Waals surface area contributed by atoms with Crippen molar-refractivity contribution >= 4 is 27.5 Å². The quantitative estimate of drug-likeness (QED) is 0.276. The van der Waals surface area contributed by atoms with E-state index in [4.69, 9.17) is 0 Å². The fourth-order valence-electron chi connectivity index (χ4n) is 4.45. The second kappa shape index (κ2) is 10.9. The summed E-state index contributed by atoms with van der Waals surface area (Å²) in [6, 6.07) is 23.2.